The largest absolute Gasteiger partial charge is 0.342 e. The van der Waals surface area contributed by atoms with Crippen LogP contribution in [0.2, 0.25) is 0 Å². The number of amides is 2. The Balaban J connectivity index is 1.29. The zero-order valence-corrected chi connectivity index (χ0v) is 19.5. The van der Waals surface area contributed by atoms with Gasteiger partial charge >= 0.3 is 0 Å². The Morgan fingerprint density at radius 2 is 1.59 bits per heavy atom. The summed E-state index contributed by atoms with van der Waals surface area (Å²) in [5.74, 6) is 0.241. The molecule has 34 heavy (non-hydrogen) atoms. The number of rotatable bonds is 4. The van der Waals surface area contributed by atoms with E-state index in [1.165, 1.54) is 12.8 Å². The molecular formula is C27H31N5O2. The number of para-hydroxylation sites is 1. The van der Waals surface area contributed by atoms with Crippen molar-refractivity contribution in [3.63, 3.8) is 0 Å². The first kappa shape index (κ1) is 22.5. The average molecular weight is 458 g/mol. The van der Waals surface area contributed by atoms with Crippen molar-refractivity contribution in [3.8, 4) is 11.3 Å². The van der Waals surface area contributed by atoms with Gasteiger partial charge in [0.05, 0.1) is 23.3 Å². The predicted molar refractivity (Wildman–Crippen MR) is 132 cm³/mol. The number of carbonyl (C=O) groups is 2. The lowest BCUT2D eigenvalue weighted by Crippen LogP contribution is -2.51. The molecule has 3 aromatic rings. The van der Waals surface area contributed by atoms with E-state index in [1.54, 1.807) is 12.4 Å². The van der Waals surface area contributed by atoms with E-state index in [9.17, 15) is 9.59 Å². The lowest BCUT2D eigenvalue weighted by molar-refractivity contribution is -0.132. The number of hydrogen-bond acceptors (Lipinski definition) is 5. The van der Waals surface area contributed by atoms with Crippen LogP contribution >= 0.6 is 0 Å². The molecule has 0 spiro atoms. The normalized spacial score (nSPS) is 17.5. The standard InChI is InChI=1S/C27H31N5O2/c33-26(31-12-5-1-2-6-13-31)20-30-14-16-32(17-15-30)27(34)23-18-25(21-8-7-11-28-19-21)29-24-10-4-3-9-22(23)24/h3-4,7-11,18-19H,1-2,5-6,12-17,20H2. The zero-order chi connectivity index (χ0) is 23.3. The van der Waals surface area contributed by atoms with Crippen molar-refractivity contribution in [2.24, 2.45) is 0 Å². The van der Waals surface area contributed by atoms with Crippen molar-refractivity contribution in [1.82, 2.24) is 24.7 Å². The van der Waals surface area contributed by atoms with Crippen LogP contribution in [0.5, 0.6) is 0 Å². The van der Waals surface area contributed by atoms with Gasteiger partial charge in [-0.2, -0.15) is 0 Å². The van der Waals surface area contributed by atoms with E-state index in [0.717, 1.165) is 48.1 Å². The molecule has 7 heteroatoms. The molecule has 0 unspecified atom stereocenters. The first-order valence-corrected chi connectivity index (χ1v) is 12.3. The molecule has 176 valence electrons. The fourth-order valence-electron chi connectivity index (χ4n) is 4.91. The monoisotopic (exact) mass is 457 g/mol. The van der Waals surface area contributed by atoms with E-state index in [-0.39, 0.29) is 11.8 Å². The molecule has 5 rings (SSSR count). The van der Waals surface area contributed by atoms with Crippen molar-refractivity contribution in [1.29, 1.82) is 0 Å². The summed E-state index contributed by atoms with van der Waals surface area (Å²) in [6.45, 7) is 4.87. The van der Waals surface area contributed by atoms with Gasteiger partial charge in [-0.25, -0.2) is 4.98 Å². The number of pyridine rings is 2. The topological polar surface area (TPSA) is 69.6 Å². The Kier molecular flexibility index (Phi) is 6.81. The maximum Gasteiger partial charge on any atom is 0.254 e. The highest BCUT2D eigenvalue weighted by molar-refractivity contribution is 6.07. The molecule has 0 saturated carbocycles. The van der Waals surface area contributed by atoms with E-state index in [1.807, 2.05) is 52.3 Å². The van der Waals surface area contributed by atoms with Gasteiger partial charge in [-0.3, -0.25) is 19.5 Å². The van der Waals surface area contributed by atoms with Crippen LogP contribution in [0.3, 0.4) is 0 Å². The molecular weight excluding hydrogens is 426 g/mol. The Labute approximate surface area is 200 Å². The van der Waals surface area contributed by atoms with Crippen LogP contribution in [-0.4, -0.2) is 82.3 Å². The molecule has 7 nitrogen and oxygen atoms in total. The minimum absolute atomic E-state index is 0.0160. The second-order valence-electron chi connectivity index (χ2n) is 9.18. The lowest BCUT2D eigenvalue weighted by Gasteiger charge is -2.35. The number of carbonyl (C=O) groups excluding carboxylic acids is 2. The smallest absolute Gasteiger partial charge is 0.254 e. The molecule has 0 bridgehead atoms. The molecule has 1 aromatic carbocycles. The fourth-order valence-corrected chi connectivity index (χ4v) is 4.91. The average Bonchev–Trinajstić information content (AvgIpc) is 3.18. The van der Waals surface area contributed by atoms with Crippen LogP contribution in [0.15, 0.2) is 54.9 Å². The maximum absolute atomic E-state index is 13.6. The van der Waals surface area contributed by atoms with Crippen LogP contribution in [0.4, 0.5) is 0 Å². The van der Waals surface area contributed by atoms with Gasteiger partial charge in [0.15, 0.2) is 0 Å². The number of benzene rings is 1. The zero-order valence-electron chi connectivity index (χ0n) is 19.5. The summed E-state index contributed by atoms with van der Waals surface area (Å²) in [7, 11) is 0. The Bertz CT molecular complexity index is 1150. The van der Waals surface area contributed by atoms with E-state index in [2.05, 4.69) is 9.88 Å². The molecule has 0 aliphatic carbocycles. The number of piperazine rings is 1. The predicted octanol–water partition coefficient (Wildman–Crippen LogP) is 3.46. The molecule has 4 heterocycles. The molecule has 2 amide bonds. The first-order chi connectivity index (χ1) is 16.7. The van der Waals surface area contributed by atoms with Gasteiger partial charge in [0.1, 0.15) is 0 Å². The third-order valence-electron chi connectivity index (χ3n) is 6.88. The summed E-state index contributed by atoms with van der Waals surface area (Å²) in [6, 6.07) is 13.5. The number of likely N-dealkylation sites (tertiary alicyclic amines) is 1. The van der Waals surface area contributed by atoms with Crippen LogP contribution < -0.4 is 0 Å². The van der Waals surface area contributed by atoms with E-state index in [4.69, 9.17) is 4.98 Å². The van der Waals surface area contributed by atoms with Gasteiger partial charge in [0.2, 0.25) is 5.91 Å². The fraction of sp³-hybridized carbons (Fsp3) is 0.407. The quantitative estimate of drug-likeness (QED) is 0.600. The number of hydrogen-bond donors (Lipinski definition) is 0. The van der Waals surface area contributed by atoms with Crippen molar-refractivity contribution in [2.45, 2.75) is 25.7 Å². The first-order valence-electron chi connectivity index (χ1n) is 12.3. The Hall–Kier alpha value is -3.32. The summed E-state index contributed by atoms with van der Waals surface area (Å²) >= 11 is 0. The minimum atomic E-state index is 0.0160. The van der Waals surface area contributed by atoms with Gasteiger partial charge in [0, 0.05) is 62.6 Å². The van der Waals surface area contributed by atoms with Gasteiger partial charge in [-0.15, -0.1) is 0 Å². The second-order valence-corrected chi connectivity index (χ2v) is 9.18. The third kappa shape index (κ3) is 4.94. The maximum atomic E-state index is 13.6. The van der Waals surface area contributed by atoms with Gasteiger partial charge in [-0.05, 0) is 37.1 Å². The third-order valence-corrected chi connectivity index (χ3v) is 6.88. The highest BCUT2D eigenvalue weighted by atomic mass is 16.2. The number of aromatic nitrogens is 2. The minimum Gasteiger partial charge on any atom is -0.342 e. The number of fused-ring (bicyclic) bond motifs is 1. The highest BCUT2D eigenvalue weighted by Gasteiger charge is 2.26. The molecule has 0 radical (unpaired) electrons. The van der Waals surface area contributed by atoms with Crippen molar-refractivity contribution < 1.29 is 9.59 Å². The van der Waals surface area contributed by atoms with Crippen LogP contribution in [0.25, 0.3) is 22.2 Å². The van der Waals surface area contributed by atoms with Crippen molar-refractivity contribution >= 4 is 22.7 Å². The van der Waals surface area contributed by atoms with Gasteiger partial charge in [-0.1, -0.05) is 31.0 Å². The van der Waals surface area contributed by atoms with Crippen molar-refractivity contribution in [3.05, 3.63) is 60.4 Å². The summed E-state index contributed by atoms with van der Waals surface area (Å²) in [4.78, 5) is 41.4. The molecule has 2 saturated heterocycles. The van der Waals surface area contributed by atoms with Gasteiger partial charge in [0.25, 0.3) is 5.91 Å². The van der Waals surface area contributed by atoms with E-state index in [0.29, 0.717) is 38.3 Å². The summed E-state index contributed by atoms with van der Waals surface area (Å²) < 4.78 is 0. The Morgan fingerprint density at radius 1 is 0.824 bits per heavy atom. The summed E-state index contributed by atoms with van der Waals surface area (Å²) in [5, 5.41) is 0.860. The Morgan fingerprint density at radius 3 is 2.32 bits per heavy atom. The SMILES string of the molecule is O=C(CN1CCN(C(=O)c2cc(-c3cccnc3)nc3ccccc23)CC1)N1CCCCCC1. The van der Waals surface area contributed by atoms with Crippen LogP contribution in [0, 0.1) is 0 Å². The van der Waals surface area contributed by atoms with Crippen LogP contribution in [-0.2, 0) is 4.79 Å². The van der Waals surface area contributed by atoms with Crippen LogP contribution in [0.1, 0.15) is 36.0 Å². The highest BCUT2D eigenvalue weighted by Crippen LogP contribution is 2.26. The molecule has 0 N–H and O–H groups in total. The van der Waals surface area contributed by atoms with Gasteiger partial charge < -0.3 is 9.80 Å². The molecule has 0 atom stereocenters. The lowest BCUT2D eigenvalue weighted by atomic mass is 10.0. The molecule has 2 aromatic heterocycles. The summed E-state index contributed by atoms with van der Waals surface area (Å²) in [5.41, 5.74) is 3.10. The second kappa shape index (κ2) is 10.3. The summed E-state index contributed by atoms with van der Waals surface area (Å²) in [6.07, 6.45) is 8.15. The van der Waals surface area contributed by atoms with E-state index >= 15 is 0 Å². The molecule has 2 aliphatic rings. The van der Waals surface area contributed by atoms with Crippen molar-refractivity contribution in [2.75, 3.05) is 45.8 Å². The molecule has 2 fully saturated rings. The molecule has 2 aliphatic heterocycles. The number of nitrogens with zero attached hydrogens (tertiary/aromatic N) is 5. The van der Waals surface area contributed by atoms with E-state index < -0.39 is 0 Å².